The summed E-state index contributed by atoms with van der Waals surface area (Å²) in [5.74, 6) is 0. The number of amides is 2. The lowest BCUT2D eigenvalue weighted by Crippen LogP contribution is -2.34. The molecule has 22 heavy (non-hydrogen) atoms. The molecule has 7 heteroatoms. The van der Waals surface area contributed by atoms with Gasteiger partial charge >= 0.3 is 6.03 Å². The topological polar surface area (TPSA) is 71.8 Å². The summed E-state index contributed by atoms with van der Waals surface area (Å²) >= 11 is 1.51. The lowest BCUT2D eigenvalue weighted by molar-refractivity contribution is 0.240. The van der Waals surface area contributed by atoms with Crippen LogP contribution < -0.4 is 10.6 Å². The van der Waals surface area contributed by atoms with E-state index in [0.717, 1.165) is 16.9 Å². The van der Waals surface area contributed by atoms with Gasteiger partial charge in [0.05, 0.1) is 29.8 Å². The third kappa shape index (κ3) is 3.50. The van der Waals surface area contributed by atoms with E-state index in [0.29, 0.717) is 13.1 Å². The summed E-state index contributed by atoms with van der Waals surface area (Å²) in [6.07, 6.45) is 5.34. The predicted octanol–water partition coefficient (Wildman–Crippen LogP) is 2.33. The Kier molecular flexibility index (Phi) is 4.45. The summed E-state index contributed by atoms with van der Waals surface area (Å²) in [7, 11) is 0. The number of nitrogens with one attached hydrogen (secondary N) is 2. The first-order chi connectivity index (χ1) is 10.8. The second-order valence-corrected chi connectivity index (χ2v) is 5.33. The maximum atomic E-state index is 11.8. The van der Waals surface area contributed by atoms with Crippen molar-refractivity contribution in [3.05, 3.63) is 65.1 Å². The summed E-state index contributed by atoms with van der Waals surface area (Å²) in [6, 6.07) is 7.67. The number of urea groups is 1. The maximum Gasteiger partial charge on any atom is 0.315 e. The molecule has 0 aliphatic carbocycles. The molecule has 0 bridgehead atoms. The highest BCUT2D eigenvalue weighted by molar-refractivity contribution is 7.07. The molecule has 2 aromatic heterocycles. The normalized spacial score (nSPS) is 10.4. The molecule has 0 unspecified atom stereocenters. The van der Waals surface area contributed by atoms with E-state index in [1.165, 1.54) is 11.3 Å². The Balaban J connectivity index is 1.58. The van der Waals surface area contributed by atoms with Crippen molar-refractivity contribution in [2.24, 2.45) is 0 Å². The predicted molar refractivity (Wildman–Crippen MR) is 84.8 cm³/mol. The number of carbonyl (C=O) groups excluding carboxylic acids is 1. The van der Waals surface area contributed by atoms with Gasteiger partial charge in [-0.3, -0.25) is 0 Å². The molecule has 0 saturated heterocycles. The molecule has 0 aliphatic rings. The van der Waals surface area contributed by atoms with E-state index < -0.39 is 0 Å². The first-order valence-corrected chi connectivity index (χ1v) is 7.72. The molecular weight excluding hydrogens is 298 g/mol. The minimum atomic E-state index is -0.214. The van der Waals surface area contributed by atoms with Crippen molar-refractivity contribution in [2.75, 3.05) is 0 Å². The van der Waals surface area contributed by atoms with Crippen LogP contribution >= 0.6 is 11.3 Å². The smallest absolute Gasteiger partial charge is 0.315 e. The number of thiazole rings is 1. The van der Waals surface area contributed by atoms with E-state index in [1.54, 1.807) is 18.0 Å². The minimum Gasteiger partial charge on any atom is -0.334 e. The SMILES string of the molecule is O=C(NCc1cscn1)NCc1ccccc1-n1ccnc1. The van der Waals surface area contributed by atoms with Crippen molar-refractivity contribution in [1.29, 1.82) is 0 Å². The summed E-state index contributed by atoms with van der Waals surface area (Å²) in [5.41, 5.74) is 4.62. The van der Waals surface area contributed by atoms with Gasteiger partial charge in [-0.25, -0.2) is 14.8 Å². The van der Waals surface area contributed by atoms with E-state index in [-0.39, 0.29) is 6.03 Å². The van der Waals surface area contributed by atoms with Crippen LogP contribution in [-0.2, 0) is 13.1 Å². The van der Waals surface area contributed by atoms with Crippen molar-refractivity contribution in [3.8, 4) is 5.69 Å². The zero-order chi connectivity index (χ0) is 15.2. The first-order valence-electron chi connectivity index (χ1n) is 6.78. The number of rotatable bonds is 5. The number of para-hydroxylation sites is 1. The fourth-order valence-electron chi connectivity index (χ4n) is 2.05. The number of aromatic nitrogens is 3. The summed E-state index contributed by atoms with van der Waals surface area (Å²) < 4.78 is 1.92. The number of hydrogen-bond donors (Lipinski definition) is 2. The largest absolute Gasteiger partial charge is 0.334 e. The maximum absolute atomic E-state index is 11.8. The van der Waals surface area contributed by atoms with Crippen molar-refractivity contribution >= 4 is 17.4 Å². The molecule has 6 nitrogen and oxygen atoms in total. The lowest BCUT2D eigenvalue weighted by atomic mass is 10.1. The minimum absolute atomic E-state index is 0.214. The molecule has 0 atom stereocenters. The van der Waals surface area contributed by atoms with Crippen LogP contribution in [0.1, 0.15) is 11.3 Å². The van der Waals surface area contributed by atoms with Gasteiger partial charge in [0.25, 0.3) is 0 Å². The van der Waals surface area contributed by atoms with Crippen LogP contribution in [0.15, 0.2) is 53.9 Å². The molecule has 1 aromatic carbocycles. The van der Waals surface area contributed by atoms with Crippen LogP contribution in [0.3, 0.4) is 0 Å². The van der Waals surface area contributed by atoms with Gasteiger partial charge < -0.3 is 15.2 Å². The van der Waals surface area contributed by atoms with Gasteiger partial charge in [0, 0.05) is 24.3 Å². The highest BCUT2D eigenvalue weighted by Crippen LogP contribution is 2.13. The Morgan fingerprint density at radius 1 is 1.23 bits per heavy atom. The van der Waals surface area contributed by atoms with Crippen LogP contribution in [0.2, 0.25) is 0 Å². The van der Waals surface area contributed by atoms with E-state index >= 15 is 0 Å². The van der Waals surface area contributed by atoms with Gasteiger partial charge in [0.1, 0.15) is 0 Å². The first kappa shape index (κ1) is 14.3. The van der Waals surface area contributed by atoms with Crippen LogP contribution in [0, 0.1) is 0 Å². The molecule has 2 amide bonds. The van der Waals surface area contributed by atoms with Crippen molar-refractivity contribution in [2.45, 2.75) is 13.1 Å². The summed E-state index contributed by atoms with van der Waals surface area (Å²) in [4.78, 5) is 20.0. The Morgan fingerprint density at radius 2 is 2.09 bits per heavy atom. The Morgan fingerprint density at radius 3 is 2.86 bits per heavy atom. The van der Waals surface area contributed by atoms with E-state index in [1.807, 2.05) is 40.4 Å². The fraction of sp³-hybridized carbons (Fsp3) is 0.133. The number of hydrogen-bond acceptors (Lipinski definition) is 4. The van der Waals surface area contributed by atoms with Gasteiger partial charge in [-0.05, 0) is 11.6 Å². The van der Waals surface area contributed by atoms with Gasteiger partial charge in [-0.2, -0.15) is 0 Å². The highest BCUT2D eigenvalue weighted by Gasteiger charge is 2.06. The highest BCUT2D eigenvalue weighted by atomic mass is 32.1. The second kappa shape index (κ2) is 6.86. The van der Waals surface area contributed by atoms with Crippen molar-refractivity contribution in [3.63, 3.8) is 0 Å². The van der Waals surface area contributed by atoms with E-state index in [2.05, 4.69) is 20.6 Å². The molecule has 3 rings (SSSR count). The average Bonchev–Trinajstić information content (AvgIpc) is 3.24. The molecule has 0 saturated carbocycles. The van der Waals surface area contributed by atoms with E-state index in [9.17, 15) is 4.79 Å². The van der Waals surface area contributed by atoms with Gasteiger partial charge in [-0.15, -0.1) is 11.3 Å². The summed E-state index contributed by atoms with van der Waals surface area (Å²) in [6.45, 7) is 0.871. The molecule has 2 N–H and O–H groups in total. The number of benzene rings is 1. The molecule has 2 heterocycles. The van der Waals surface area contributed by atoms with Crippen LogP contribution in [0.25, 0.3) is 5.69 Å². The monoisotopic (exact) mass is 313 g/mol. The lowest BCUT2D eigenvalue weighted by Gasteiger charge is -2.11. The summed E-state index contributed by atoms with van der Waals surface area (Å²) in [5, 5.41) is 7.55. The van der Waals surface area contributed by atoms with Gasteiger partial charge in [0.2, 0.25) is 0 Å². The van der Waals surface area contributed by atoms with Crippen LogP contribution in [0.4, 0.5) is 4.79 Å². The Bertz CT molecular complexity index is 724. The van der Waals surface area contributed by atoms with Crippen LogP contribution in [-0.4, -0.2) is 20.6 Å². The number of imidazole rings is 1. The number of carbonyl (C=O) groups is 1. The molecular formula is C15H15N5OS. The zero-order valence-corrected chi connectivity index (χ0v) is 12.6. The molecule has 0 radical (unpaired) electrons. The Hall–Kier alpha value is -2.67. The molecule has 112 valence electrons. The van der Waals surface area contributed by atoms with Crippen LogP contribution in [0.5, 0.6) is 0 Å². The quantitative estimate of drug-likeness (QED) is 0.759. The standard InChI is InChI=1S/C15H15N5OS/c21-15(18-8-13-9-22-11-19-13)17-7-12-3-1-2-4-14(12)20-6-5-16-10-20/h1-6,9-11H,7-8H2,(H2,17,18,21). The molecule has 0 fully saturated rings. The van der Waals surface area contributed by atoms with Gasteiger partial charge in [0.15, 0.2) is 0 Å². The molecule has 0 spiro atoms. The van der Waals surface area contributed by atoms with Crippen molar-refractivity contribution < 1.29 is 4.79 Å². The average molecular weight is 313 g/mol. The third-order valence-corrected chi connectivity index (χ3v) is 3.76. The van der Waals surface area contributed by atoms with Crippen molar-refractivity contribution in [1.82, 2.24) is 25.2 Å². The third-order valence-electron chi connectivity index (χ3n) is 3.13. The van der Waals surface area contributed by atoms with Gasteiger partial charge in [-0.1, -0.05) is 18.2 Å². The molecule has 0 aliphatic heterocycles. The zero-order valence-electron chi connectivity index (χ0n) is 11.8. The van der Waals surface area contributed by atoms with E-state index in [4.69, 9.17) is 0 Å². The number of nitrogens with zero attached hydrogens (tertiary/aromatic N) is 3. The molecule has 3 aromatic rings. The Labute approximate surface area is 131 Å². The second-order valence-electron chi connectivity index (χ2n) is 4.61. The fourth-order valence-corrected chi connectivity index (χ4v) is 2.61.